The first-order valence-electron chi connectivity index (χ1n) is 6.62. The van der Waals surface area contributed by atoms with Crippen molar-refractivity contribution in [2.24, 2.45) is 0 Å². The summed E-state index contributed by atoms with van der Waals surface area (Å²) >= 11 is 5.86. The van der Waals surface area contributed by atoms with Crippen LogP contribution in [0.4, 0.5) is 0 Å². The van der Waals surface area contributed by atoms with Gasteiger partial charge in [0.2, 0.25) is 0 Å². The summed E-state index contributed by atoms with van der Waals surface area (Å²) in [6.45, 7) is 6.13. The summed E-state index contributed by atoms with van der Waals surface area (Å²) in [7, 11) is 0. The van der Waals surface area contributed by atoms with Crippen LogP contribution in [0.15, 0.2) is 36.8 Å². The summed E-state index contributed by atoms with van der Waals surface area (Å²) in [5.41, 5.74) is 2.53. The summed E-state index contributed by atoms with van der Waals surface area (Å²) < 4.78 is 2.19. The molecule has 19 heavy (non-hydrogen) atoms. The minimum atomic E-state index is 0.454. The fourth-order valence-corrected chi connectivity index (χ4v) is 2.16. The number of imidazole rings is 1. The maximum Gasteiger partial charge on any atom is 0.0951 e. The molecule has 0 aliphatic rings. The van der Waals surface area contributed by atoms with E-state index >= 15 is 0 Å². The predicted molar refractivity (Wildman–Crippen MR) is 79.5 cm³/mol. The third kappa shape index (κ3) is 4.08. The van der Waals surface area contributed by atoms with E-state index < -0.39 is 0 Å². The van der Waals surface area contributed by atoms with Crippen LogP contribution in [0.25, 0.3) is 0 Å². The van der Waals surface area contributed by atoms with Crippen LogP contribution in [-0.2, 0) is 13.0 Å². The minimum absolute atomic E-state index is 0.454. The molecule has 0 fully saturated rings. The summed E-state index contributed by atoms with van der Waals surface area (Å²) in [6.07, 6.45) is 4.82. The van der Waals surface area contributed by atoms with Crippen molar-refractivity contribution >= 4 is 11.6 Å². The second kappa shape index (κ2) is 6.73. The molecule has 0 bridgehead atoms. The van der Waals surface area contributed by atoms with Crippen LogP contribution in [-0.4, -0.2) is 16.1 Å². The lowest BCUT2D eigenvalue weighted by Gasteiger charge is -2.12. The van der Waals surface area contributed by atoms with E-state index in [-0.39, 0.29) is 0 Å². The molecular weight excluding hydrogens is 258 g/mol. The van der Waals surface area contributed by atoms with Crippen molar-refractivity contribution in [1.29, 1.82) is 0 Å². The maximum atomic E-state index is 5.86. The topological polar surface area (TPSA) is 29.9 Å². The number of hydrogen-bond donors (Lipinski definition) is 1. The van der Waals surface area contributed by atoms with Gasteiger partial charge in [0, 0.05) is 23.8 Å². The Hall–Kier alpha value is -1.32. The van der Waals surface area contributed by atoms with Gasteiger partial charge in [-0.25, -0.2) is 4.98 Å². The number of rotatable bonds is 6. The van der Waals surface area contributed by atoms with Gasteiger partial charge in [-0.15, -0.1) is 0 Å². The number of hydrogen-bond acceptors (Lipinski definition) is 2. The smallest absolute Gasteiger partial charge is 0.0951 e. The Morgan fingerprint density at radius 3 is 2.68 bits per heavy atom. The first kappa shape index (κ1) is 14.1. The van der Waals surface area contributed by atoms with Gasteiger partial charge in [-0.1, -0.05) is 23.7 Å². The van der Waals surface area contributed by atoms with Crippen molar-refractivity contribution < 1.29 is 0 Å². The Bertz CT molecular complexity index is 502. The second-order valence-corrected chi connectivity index (χ2v) is 5.38. The first-order chi connectivity index (χ1) is 9.16. The van der Waals surface area contributed by atoms with Crippen molar-refractivity contribution in [1.82, 2.24) is 14.9 Å². The lowest BCUT2D eigenvalue weighted by Crippen LogP contribution is -2.19. The Balaban J connectivity index is 1.77. The molecular formula is C15H20ClN3. The molecule has 2 rings (SSSR count). The molecule has 0 aliphatic heterocycles. The van der Waals surface area contributed by atoms with Gasteiger partial charge in [0.25, 0.3) is 0 Å². The van der Waals surface area contributed by atoms with Gasteiger partial charge in [-0.05, 0) is 44.5 Å². The molecule has 0 radical (unpaired) electrons. The van der Waals surface area contributed by atoms with E-state index in [0.29, 0.717) is 6.04 Å². The van der Waals surface area contributed by atoms with Crippen molar-refractivity contribution in [3.05, 3.63) is 53.1 Å². The molecule has 0 saturated carbocycles. The number of nitrogens with one attached hydrogen (secondary N) is 1. The third-order valence-electron chi connectivity index (χ3n) is 3.11. The molecule has 0 atom stereocenters. The normalized spacial score (nSPS) is 11.2. The Morgan fingerprint density at radius 1 is 1.26 bits per heavy atom. The van der Waals surface area contributed by atoms with Gasteiger partial charge >= 0.3 is 0 Å². The predicted octanol–water partition coefficient (Wildman–Crippen LogP) is 3.45. The number of halogens is 1. The molecule has 1 aromatic heterocycles. The van der Waals surface area contributed by atoms with E-state index in [1.165, 1.54) is 11.3 Å². The van der Waals surface area contributed by atoms with Crippen molar-refractivity contribution in [3.63, 3.8) is 0 Å². The zero-order valence-corrected chi connectivity index (χ0v) is 12.2. The molecule has 0 spiro atoms. The average molecular weight is 278 g/mol. The standard InChI is InChI=1S/C15H20ClN3/c1-12(2)19-11-18-10-15(19)9-17-8-7-13-3-5-14(16)6-4-13/h3-6,10-12,17H,7-9H2,1-2H3. The zero-order valence-electron chi connectivity index (χ0n) is 11.4. The van der Waals surface area contributed by atoms with E-state index in [2.05, 4.69) is 40.8 Å². The summed E-state index contributed by atoms with van der Waals surface area (Å²) in [5, 5.41) is 4.24. The van der Waals surface area contributed by atoms with E-state index in [9.17, 15) is 0 Å². The molecule has 1 aromatic carbocycles. The highest BCUT2D eigenvalue weighted by Gasteiger charge is 2.04. The van der Waals surface area contributed by atoms with E-state index in [1.807, 2.05) is 24.7 Å². The maximum absolute atomic E-state index is 5.86. The summed E-state index contributed by atoms with van der Waals surface area (Å²) in [5.74, 6) is 0. The molecule has 0 amide bonds. The first-order valence-corrected chi connectivity index (χ1v) is 7.00. The van der Waals surface area contributed by atoms with Gasteiger partial charge in [-0.2, -0.15) is 0 Å². The molecule has 1 heterocycles. The third-order valence-corrected chi connectivity index (χ3v) is 3.36. The number of benzene rings is 1. The van der Waals surface area contributed by atoms with Crippen LogP contribution >= 0.6 is 11.6 Å². The molecule has 0 saturated heterocycles. The Labute approximate surface area is 119 Å². The molecule has 102 valence electrons. The van der Waals surface area contributed by atoms with Crippen molar-refractivity contribution in [2.45, 2.75) is 32.9 Å². The lowest BCUT2D eigenvalue weighted by molar-refractivity contribution is 0.551. The van der Waals surface area contributed by atoms with Crippen LogP contribution in [0, 0.1) is 0 Å². The largest absolute Gasteiger partial charge is 0.331 e. The van der Waals surface area contributed by atoms with Gasteiger partial charge in [-0.3, -0.25) is 0 Å². The van der Waals surface area contributed by atoms with Gasteiger partial charge < -0.3 is 9.88 Å². The molecule has 3 nitrogen and oxygen atoms in total. The average Bonchev–Trinajstić information content (AvgIpc) is 2.85. The van der Waals surface area contributed by atoms with E-state index in [0.717, 1.165) is 24.5 Å². The van der Waals surface area contributed by atoms with Crippen molar-refractivity contribution in [3.8, 4) is 0 Å². The van der Waals surface area contributed by atoms with Gasteiger partial charge in [0.15, 0.2) is 0 Å². The monoisotopic (exact) mass is 277 g/mol. The fourth-order valence-electron chi connectivity index (χ4n) is 2.03. The highest BCUT2D eigenvalue weighted by atomic mass is 35.5. The molecule has 0 unspecified atom stereocenters. The van der Waals surface area contributed by atoms with Crippen LogP contribution in [0.3, 0.4) is 0 Å². The van der Waals surface area contributed by atoms with Gasteiger partial charge in [0.1, 0.15) is 0 Å². The zero-order chi connectivity index (χ0) is 13.7. The van der Waals surface area contributed by atoms with Crippen LogP contribution in [0.1, 0.15) is 31.1 Å². The lowest BCUT2D eigenvalue weighted by atomic mass is 10.1. The number of aromatic nitrogens is 2. The molecule has 4 heteroatoms. The SMILES string of the molecule is CC(C)n1cncc1CNCCc1ccc(Cl)cc1. The van der Waals surface area contributed by atoms with Gasteiger partial charge in [0.05, 0.1) is 12.0 Å². The summed E-state index contributed by atoms with van der Waals surface area (Å²) in [4.78, 5) is 4.20. The molecule has 0 aliphatic carbocycles. The Kier molecular flexibility index (Phi) is 5.00. The van der Waals surface area contributed by atoms with Crippen LogP contribution in [0.5, 0.6) is 0 Å². The molecule has 2 aromatic rings. The number of nitrogens with zero attached hydrogens (tertiary/aromatic N) is 2. The van der Waals surface area contributed by atoms with Crippen LogP contribution in [0.2, 0.25) is 5.02 Å². The quantitative estimate of drug-likeness (QED) is 0.820. The fraction of sp³-hybridized carbons (Fsp3) is 0.400. The highest BCUT2D eigenvalue weighted by Crippen LogP contribution is 2.10. The van der Waals surface area contributed by atoms with E-state index in [1.54, 1.807) is 0 Å². The van der Waals surface area contributed by atoms with Crippen LogP contribution < -0.4 is 5.32 Å². The summed E-state index contributed by atoms with van der Waals surface area (Å²) in [6, 6.07) is 8.47. The van der Waals surface area contributed by atoms with Crippen molar-refractivity contribution in [2.75, 3.05) is 6.54 Å². The highest BCUT2D eigenvalue weighted by molar-refractivity contribution is 6.30. The second-order valence-electron chi connectivity index (χ2n) is 4.94. The minimum Gasteiger partial charge on any atom is -0.331 e. The Morgan fingerprint density at radius 2 is 2.00 bits per heavy atom. The molecule has 1 N–H and O–H groups in total. The van der Waals surface area contributed by atoms with E-state index in [4.69, 9.17) is 11.6 Å².